The Morgan fingerprint density at radius 1 is 1.36 bits per heavy atom. The minimum atomic E-state index is -3.06. The molecule has 0 bridgehead atoms. The van der Waals surface area contributed by atoms with Crippen LogP contribution in [0.3, 0.4) is 0 Å². The Kier molecular flexibility index (Phi) is 7.99. The van der Waals surface area contributed by atoms with Gasteiger partial charge in [-0.15, -0.1) is 24.0 Å². The molecule has 1 aromatic carbocycles. The van der Waals surface area contributed by atoms with Crippen LogP contribution in [0.4, 0.5) is 14.5 Å². The first-order valence-corrected chi connectivity index (χ1v) is 9.09. The molecule has 1 saturated heterocycles. The fourth-order valence-electron chi connectivity index (χ4n) is 2.26. The van der Waals surface area contributed by atoms with Crippen LogP contribution in [0.5, 0.6) is 0 Å². The van der Waals surface area contributed by atoms with E-state index in [1.54, 1.807) is 0 Å². The fourth-order valence-corrected chi connectivity index (χ4v) is 3.93. The molecule has 140 valence electrons. The Morgan fingerprint density at radius 3 is 2.72 bits per heavy atom. The van der Waals surface area contributed by atoms with Gasteiger partial charge in [0.25, 0.3) is 0 Å². The molecule has 1 amide bonds. The summed E-state index contributed by atoms with van der Waals surface area (Å²) in [6.07, 6.45) is 0.407. The van der Waals surface area contributed by atoms with Gasteiger partial charge >= 0.3 is 0 Å². The van der Waals surface area contributed by atoms with E-state index in [2.05, 4.69) is 15.6 Å². The minimum Gasteiger partial charge on any atom is -0.370 e. The molecule has 1 atom stereocenters. The lowest BCUT2D eigenvalue weighted by Crippen LogP contribution is -2.36. The highest BCUT2D eigenvalue weighted by Gasteiger charge is 2.28. The van der Waals surface area contributed by atoms with E-state index in [9.17, 15) is 22.0 Å². The summed E-state index contributed by atoms with van der Waals surface area (Å²) in [5, 5.41) is 5.03. The first-order chi connectivity index (χ1) is 11.2. The molecule has 1 aliphatic rings. The number of hydrogen-bond donors (Lipinski definition) is 3. The van der Waals surface area contributed by atoms with Crippen molar-refractivity contribution in [1.29, 1.82) is 0 Å². The standard InChI is InChI=1S/C14H18F2N4O3S.HI/c15-9-1-2-11(16)12(7-9)20-14(17)18-5-3-13(21)19-10-4-6-24(22,23)8-10;/h1-2,7,10H,3-6,8H2,(H,19,21)(H3,17,18,20);1H. The predicted molar refractivity (Wildman–Crippen MR) is 102 cm³/mol. The van der Waals surface area contributed by atoms with Gasteiger partial charge in [0, 0.05) is 18.5 Å². The number of carbonyl (C=O) groups excluding carboxylic acids is 1. The monoisotopic (exact) mass is 488 g/mol. The second-order valence-corrected chi connectivity index (χ2v) is 7.66. The molecule has 1 aromatic rings. The van der Waals surface area contributed by atoms with Crippen LogP contribution in [0.15, 0.2) is 23.2 Å². The lowest BCUT2D eigenvalue weighted by molar-refractivity contribution is -0.121. The number of guanidine groups is 1. The second kappa shape index (κ2) is 9.27. The van der Waals surface area contributed by atoms with Gasteiger partial charge in [-0.25, -0.2) is 17.2 Å². The van der Waals surface area contributed by atoms with E-state index >= 15 is 0 Å². The summed E-state index contributed by atoms with van der Waals surface area (Å²) < 4.78 is 49.0. The Morgan fingerprint density at radius 2 is 2.08 bits per heavy atom. The number of benzene rings is 1. The summed E-state index contributed by atoms with van der Waals surface area (Å²) >= 11 is 0. The first-order valence-electron chi connectivity index (χ1n) is 7.27. The average molecular weight is 488 g/mol. The fraction of sp³-hybridized carbons (Fsp3) is 0.429. The van der Waals surface area contributed by atoms with E-state index < -0.39 is 21.5 Å². The normalized spacial score (nSPS) is 19.1. The van der Waals surface area contributed by atoms with Gasteiger partial charge in [-0.1, -0.05) is 0 Å². The number of nitrogens with zero attached hydrogens (tertiary/aromatic N) is 1. The third-order valence-corrected chi connectivity index (χ3v) is 5.18. The topological polar surface area (TPSA) is 114 Å². The number of sulfone groups is 1. The molecule has 0 aliphatic carbocycles. The highest BCUT2D eigenvalue weighted by atomic mass is 127. The van der Waals surface area contributed by atoms with E-state index in [4.69, 9.17) is 5.73 Å². The molecule has 2 rings (SSSR count). The molecule has 7 nitrogen and oxygen atoms in total. The van der Waals surface area contributed by atoms with Crippen molar-refractivity contribution in [3.05, 3.63) is 29.8 Å². The molecule has 1 heterocycles. The van der Waals surface area contributed by atoms with Gasteiger partial charge in [0.05, 0.1) is 23.7 Å². The number of nitrogens with one attached hydrogen (secondary N) is 2. The largest absolute Gasteiger partial charge is 0.370 e. The van der Waals surface area contributed by atoms with Crippen molar-refractivity contribution in [2.45, 2.75) is 18.9 Å². The van der Waals surface area contributed by atoms with Crippen molar-refractivity contribution >= 4 is 51.4 Å². The Labute approximate surface area is 161 Å². The van der Waals surface area contributed by atoms with Crippen molar-refractivity contribution in [2.75, 3.05) is 23.4 Å². The maximum atomic E-state index is 13.4. The summed E-state index contributed by atoms with van der Waals surface area (Å²) in [7, 11) is -3.06. The summed E-state index contributed by atoms with van der Waals surface area (Å²) in [5.74, 6) is -1.79. The van der Waals surface area contributed by atoms with E-state index in [0.29, 0.717) is 6.42 Å². The van der Waals surface area contributed by atoms with Gasteiger partial charge < -0.3 is 16.4 Å². The number of carbonyl (C=O) groups is 1. The molecular formula is C14H19F2IN4O3S. The van der Waals surface area contributed by atoms with Gasteiger partial charge in [-0.3, -0.25) is 9.79 Å². The maximum Gasteiger partial charge on any atom is 0.222 e. The van der Waals surface area contributed by atoms with Crippen LogP contribution in [0.25, 0.3) is 0 Å². The van der Waals surface area contributed by atoms with Crippen molar-refractivity contribution in [3.8, 4) is 0 Å². The van der Waals surface area contributed by atoms with Gasteiger partial charge in [0.15, 0.2) is 15.8 Å². The number of nitrogens with two attached hydrogens (primary N) is 1. The molecule has 1 fully saturated rings. The quantitative estimate of drug-likeness (QED) is 0.325. The number of halogens is 3. The molecule has 25 heavy (non-hydrogen) atoms. The molecule has 1 aliphatic heterocycles. The van der Waals surface area contributed by atoms with Crippen molar-refractivity contribution in [1.82, 2.24) is 5.32 Å². The molecule has 4 N–H and O–H groups in total. The average Bonchev–Trinajstić information content (AvgIpc) is 2.81. The van der Waals surface area contributed by atoms with E-state index in [0.717, 1.165) is 18.2 Å². The predicted octanol–water partition coefficient (Wildman–Crippen LogP) is 1.00. The SMILES string of the molecule is I.NC(=NCCC(=O)NC1CCS(=O)(=O)C1)Nc1cc(F)ccc1F. The Balaban J connectivity index is 0.00000312. The van der Waals surface area contributed by atoms with Crippen molar-refractivity contribution in [2.24, 2.45) is 10.7 Å². The van der Waals surface area contributed by atoms with Gasteiger partial charge in [0.1, 0.15) is 11.6 Å². The minimum absolute atomic E-state index is 0. The summed E-state index contributed by atoms with van der Waals surface area (Å²) in [6, 6.07) is 2.49. The number of amides is 1. The summed E-state index contributed by atoms with van der Waals surface area (Å²) in [5.41, 5.74) is 5.39. The van der Waals surface area contributed by atoms with Gasteiger partial charge in [-0.2, -0.15) is 0 Å². The number of anilines is 1. The van der Waals surface area contributed by atoms with E-state index in [1.165, 1.54) is 0 Å². The Hall–Kier alpha value is -1.50. The lowest BCUT2D eigenvalue weighted by Gasteiger charge is -2.10. The van der Waals surface area contributed by atoms with Crippen LogP contribution in [0.1, 0.15) is 12.8 Å². The van der Waals surface area contributed by atoms with E-state index in [1.807, 2.05) is 0 Å². The van der Waals surface area contributed by atoms with Crippen LogP contribution >= 0.6 is 24.0 Å². The van der Waals surface area contributed by atoms with Crippen LogP contribution in [-0.4, -0.2) is 44.4 Å². The van der Waals surface area contributed by atoms with Crippen molar-refractivity contribution in [3.63, 3.8) is 0 Å². The van der Waals surface area contributed by atoms with Crippen LogP contribution in [-0.2, 0) is 14.6 Å². The summed E-state index contributed by atoms with van der Waals surface area (Å²) in [4.78, 5) is 15.6. The highest BCUT2D eigenvalue weighted by Crippen LogP contribution is 2.14. The van der Waals surface area contributed by atoms with Crippen molar-refractivity contribution < 1.29 is 22.0 Å². The molecule has 0 spiro atoms. The molecule has 0 radical (unpaired) electrons. The number of hydrogen-bond acceptors (Lipinski definition) is 4. The Bertz CT molecular complexity index is 758. The van der Waals surface area contributed by atoms with Crippen LogP contribution < -0.4 is 16.4 Å². The highest BCUT2D eigenvalue weighted by molar-refractivity contribution is 14.0. The molecular weight excluding hydrogens is 469 g/mol. The zero-order valence-electron chi connectivity index (χ0n) is 13.2. The number of aliphatic imine (C=N–C) groups is 1. The third-order valence-electron chi connectivity index (χ3n) is 3.41. The van der Waals surface area contributed by atoms with Gasteiger partial charge in [-0.05, 0) is 18.6 Å². The van der Waals surface area contributed by atoms with Crippen LogP contribution in [0, 0.1) is 11.6 Å². The smallest absolute Gasteiger partial charge is 0.222 e. The number of rotatable bonds is 5. The third kappa shape index (κ3) is 7.10. The second-order valence-electron chi connectivity index (χ2n) is 5.43. The summed E-state index contributed by atoms with van der Waals surface area (Å²) in [6.45, 7) is 0.0288. The molecule has 0 aromatic heterocycles. The van der Waals surface area contributed by atoms with Crippen LogP contribution in [0.2, 0.25) is 0 Å². The molecule has 1 unspecified atom stereocenters. The first kappa shape index (κ1) is 21.5. The zero-order valence-corrected chi connectivity index (χ0v) is 16.3. The van der Waals surface area contributed by atoms with Gasteiger partial charge in [0.2, 0.25) is 5.91 Å². The maximum absolute atomic E-state index is 13.4. The molecule has 0 saturated carbocycles. The lowest BCUT2D eigenvalue weighted by atomic mass is 10.2. The zero-order chi connectivity index (χ0) is 17.7. The molecule has 11 heteroatoms. The van der Waals surface area contributed by atoms with E-state index in [-0.39, 0.29) is 72.0 Å².